The number of hydrogen-bond donors (Lipinski definition) is 1. The number of hydrogen-bond acceptors (Lipinski definition) is 2. The second kappa shape index (κ2) is 5.31. The van der Waals surface area contributed by atoms with Gasteiger partial charge in [-0.2, -0.15) is 13.2 Å². The molecule has 1 aliphatic heterocycles. The second-order valence-corrected chi connectivity index (χ2v) is 4.97. The van der Waals surface area contributed by atoms with Crippen molar-refractivity contribution in [3.63, 3.8) is 0 Å². The zero-order chi connectivity index (χ0) is 14.9. The Bertz CT molecular complexity index is 635. The van der Waals surface area contributed by atoms with Gasteiger partial charge >= 0.3 is 6.18 Å². The Kier molecular flexibility index (Phi) is 3.49. The molecular formula is C16H14F3NO. The molecule has 1 heterocycles. The van der Waals surface area contributed by atoms with Crippen LogP contribution in [0.3, 0.4) is 0 Å². The van der Waals surface area contributed by atoms with Gasteiger partial charge in [0.15, 0.2) is 0 Å². The summed E-state index contributed by atoms with van der Waals surface area (Å²) in [5.74, 6) is 0.912. The average Bonchev–Trinajstić information content (AvgIpc) is 2.92. The summed E-state index contributed by atoms with van der Waals surface area (Å²) in [4.78, 5) is 0. The lowest BCUT2D eigenvalue weighted by Crippen LogP contribution is -2.05. The quantitative estimate of drug-likeness (QED) is 0.913. The summed E-state index contributed by atoms with van der Waals surface area (Å²) >= 11 is 0. The molecule has 3 rings (SSSR count). The van der Waals surface area contributed by atoms with E-state index >= 15 is 0 Å². The largest absolute Gasteiger partial charge is 0.493 e. The summed E-state index contributed by atoms with van der Waals surface area (Å²) in [7, 11) is 0. The number of ether oxygens (including phenoxy) is 1. The van der Waals surface area contributed by atoms with Gasteiger partial charge in [-0.05, 0) is 41.5 Å². The van der Waals surface area contributed by atoms with Gasteiger partial charge in [0.2, 0.25) is 0 Å². The lowest BCUT2D eigenvalue weighted by atomic mass is 10.1. The maximum Gasteiger partial charge on any atom is 0.416 e. The van der Waals surface area contributed by atoms with E-state index in [2.05, 4.69) is 5.32 Å². The first-order valence-corrected chi connectivity index (χ1v) is 6.68. The standard InChI is InChI=1S/C16H14F3NO/c17-16(18,19)13-3-1-11(2-4-13)10-20-14-5-6-15-12(9-14)7-8-21-15/h1-6,9,20H,7-8,10H2. The highest BCUT2D eigenvalue weighted by Gasteiger charge is 2.29. The van der Waals surface area contributed by atoms with E-state index in [1.54, 1.807) is 0 Å². The van der Waals surface area contributed by atoms with Gasteiger partial charge in [-0.25, -0.2) is 0 Å². The summed E-state index contributed by atoms with van der Waals surface area (Å²) < 4.78 is 42.8. The Balaban J connectivity index is 1.65. The summed E-state index contributed by atoms with van der Waals surface area (Å²) in [6.45, 7) is 1.19. The molecule has 21 heavy (non-hydrogen) atoms. The van der Waals surface area contributed by atoms with Crippen molar-refractivity contribution in [3.05, 3.63) is 59.2 Å². The molecule has 0 spiro atoms. The molecule has 0 saturated heterocycles. The predicted molar refractivity (Wildman–Crippen MR) is 74.4 cm³/mol. The first-order valence-electron chi connectivity index (χ1n) is 6.68. The minimum Gasteiger partial charge on any atom is -0.493 e. The van der Waals surface area contributed by atoms with Crippen LogP contribution in [0.25, 0.3) is 0 Å². The lowest BCUT2D eigenvalue weighted by Gasteiger charge is -2.10. The van der Waals surface area contributed by atoms with Crippen LogP contribution in [0, 0.1) is 0 Å². The number of benzene rings is 2. The van der Waals surface area contributed by atoms with Crippen molar-refractivity contribution < 1.29 is 17.9 Å². The van der Waals surface area contributed by atoms with E-state index in [-0.39, 0.29) is 0 Å². The zero-order valence-corrected chi connectivity index (χ0v) is 11.2. The molecule has 110 valence electrons. The molecule has 0 saturated carbocycles. The number of rotatable bonds is 3. The molecule has 0 bridgehead atoms. The smallest absolute Gasteiger partial charge is 0.416 e. The highest BCUT2D eigenvalue weighted by molar-refractivity contribution is 5.52. The maximum absolute atomic E-state index is 12.5. The molecule has 2 aromatic rings. The minimum absolute atomic E-state index is 0.484. The van der Waals surface area contributed by atoms with Crippen LogP contribution in [0.5, 0.6) is 5.75 Å². The fraction of sp³-hybridized carbons (Fsp3) is 0.250. The van der Waals surface area contributed by atoms with Crippen LogP contribution in [-0.4, -0.2) is 6.61 Å². The molecule has 0 atom stereocenters. The van der Waals surface area contributed by atoms with Gasteiger partial charge in [0.1, 0.15) is 5.75 Å². The van der Waals surface area contributed by atoms with Crippen LogP contribution in [0.4, 0.5) is 18.9 Å². The SMILES string of the molecule is FC(F)(F)c1ccc(CNc2ccc3c(c2)CCO3)cc1. The molecule has 1 N–H and O–H groups in total. The van der Waals surface area contributed by atoms with Gasteiger partial charge in [-0.1, -0.05) is 12.1 Å². The van der Waals surface area contributed by atoms with Gasteiger partial charge in [0.05, 0.1) is 12.2 Å². The fourth-order valence-electron chi connectivity index (χ4n) is 2.31. The zero-order valence-electron chi connectivity index (χ0n) is 11.2. The Labute approximate surface area is 120 Å². The molecule has 2 nitrogen and oxygen atoms in total. The van der Waals surface area contributed by atoms with Crippen LogP contribution in [0.1, 0.15) is 16.7 Å². The van der Waals surface area contributed by atoms with Crippen LogP contribution in [-0.2, 0) is 19.1 Å². The third-order valence-electron chi connectivity index (χ3n) is 3.47. The topological polar surface area (TPSA) is 21.3 Å². The van der Waals surface area contributed by atoms with Crippen LogP contribution < -0.4 is 10.1 Å². The van der Waals surface area contributed by atoms with Crippen LogP contribution in [0.2, 0.25) is 0 Å². The number of fused-ring (bicyclic) bond motifs is 1. The number of anilines is 1. The van der Waals surface area contributed by atoms with Crippen molar-refractivity contribution in [2.75, 3.05) is 11.9 Å². The summed E-state index contributed by atoms with van der Waals surface area (Å²) in [6.07, 6.45) is -3.39. The number of halogens is 3. The molecular weight excluding hydrogens is 279 g/mol. The summed E-state index contributed by atoms with van der Waals surface area (Å²) in [6, 6.07) is 11.0. The van der Waals surface area contributed by atoms with Crippen molar-refractivity contribution in [2.45, 2.75) is 19.1 Å². The minimum atomic E-state index is -4.29. The molecule has 2 aromatic carbocycles. The second-order valence-electron chi connectivity index (χ2n) is 4.97. The average molecular weight is 293 g/mol. The molecule has 5 heteroatoms. The van der Waals surface area contributed by atoms with Crippen molar-refractivity contribution in [3.8, 4) is 5.75 Å². The Morgan fingerprint density at radius 3 is 2.52 bits per heavy atom. The summed E-state index contributed by atoms with van der Waals surface area (Å²) in [5, 5.41) is 3.21. The van der Waals surface area contributed by atoms with E-state index in [0.717, 1.165) is 41.1 Å². The summed E-state index contributed by atoms with van der Waals surface area (Å²) in [5.41, 5.74) is 2.28. The predicted octanol–water partition coefficient (Wildman–Crippen LogP) is 4.25. The molecule has 0 aliphatic carbocycles. The van der Waals surface area contributed by atoms with Gasteiger partial charge < -0.3 is 10.1 Å². The highest BCUT2D eigenvalue weighted by atomic mass is 19.4. The first-order chi connectivity index (χ1) is 10.0. The first kappa shape index (κ1) is 13.8. The molecule has 0 amide bonds. The van der Waals surface area contributed by atoms with Crippen molar-refractivity contribution in [1.29, 1.82) is 0 Å². The fourth-order valence-corrected chi connectivity index (χ4v) is 2.31. The van der Waals surface area contributed by atoms with E-state index in [1.165, 1.54) is 12.1 Å². The monoisotopic (exact) mass is 293 g/mol. The molecule has 1 aliphatic rings. The normalized spacial score (nSPS) is 13.7. The van der Waals surface area contributed by atoms with E-state index in [9.17, 15) is 13.2 Å². The Morgan fingerprint density at radius 1 is 1.05 bits per heavy atom. The molecule has 0 aromatic heterocycles. The van der Waals surface area contributed by atoms with E-state index < -0.39 is 11.7 Å². The van der Waals surface area contributed by atoms with Crippen molar-refractivity contribution in [2.24, 2.45) is 0 Å². The van der Waals surface area contributed by atoms with E-state index in [1.807, 2.05) is 18.2 Å². The van der Waals surface area contributed by atoms with Gasteiger partial charge in [0.25, 0.3) is 0 Å². The maximum atomic E-state index is 12.5. The number of alkyl halides is 3. The van der Waals surface area contributed by atoms with Gasteiger partial charge in [-0.3, -0.25) is 0 Å². The highest BCUT2D eigenvalue weighted by Crippen LogP contribution is 2.30. The Hall–Kier alpha value is -2.17. The molecule has 0 unspecified atom stereocenters. The van der Waals surface area contributed by atoms with E-state index in [0.29, 0.717) is 13.2 Å². The Morgan fingerprint density at radius 2 is 1.81 bits per heavy atom. The third kappa shape index (κ3) is 3.12. The third-order valence-corrected chi connectivity index (χ3v) is 3.47. The van der Waals surface area contributed by atoms with Crippen LogP contribution >= 0.6 is 0 Å². The van der Waals surface area contributed by atoms with E-state index in [4.69, 9.17) is 4.74 Å². The molecule has 0 radical (unpaired) electrons. The lowest BCUT2D eigenvalue weighted by molar-refractivity contribution is -0.137. The number of nitrogens with one attached hydrogen (secondary N) is 1. The van der Waals surface area contributed by atoms with Gasteiger partial charge in [-0.15, -0.1) is 0 Å². The van der Waals surface area contributed by atoms with Crippen molar-refractivity contribution in [1.82, 2.24) is 0 Å². The van der Waals surface area contributed by atoms with Gasteiger partial charge in [0, 0.05) is 18.7 Å². The molecule has 0 fully saturated rings. The van der Waals surface area contributed by atoms with Crippen molar-refractivity contribution >= 4 is 5.69 Å². The van der Waals surface area contributed by atoms with Crippen LogP contribution in [0.15, 0.2) is 42.5 Å².